The molecular weight excluding hydrogens is 216 g/mol. The molecule has 1 heterocycles. The molecule has 15 heavy (non-hydrogen) atoms. The first-order valence-electron chi connectivity index (χ1n) is 4.02. The minimum atomic E-state index is -1.19. The van der Waals surface area contributed by atoms with Crippen LogP contribution in [0.5, 0.6) is 0 Å². The first kappa shape index (κ1) is 9.78. The van der Waals surface area contributed by atoms with Gasteiger partial charge in [0.25, 0.3) is 4.99 Å². The number of benzene rings is 1. The Morgan fingerprint density at radius 1 is 1.33 bits per heavy atom. The van der Waals surface area contributed by atoms with Crippen molar-refractivity contribution in [3.63, 3.8) is 0 Å². The monoisotopic (exact) mass is 222 g/mol. The van der Waals surface area contributed by atoms with E-state index in [1.54, 1.807) is 12.1 Å². The smallest absolute Gasteiger partial charge is 0.335 e. The zero-order valence-corrected chi connectivity index (χ0v) is 8.30. The maximum Gasteiger partial charge on any atom is 0.335 e. The molecule has 0 atom stereocenters. The molecule has 1 N–H and O–H groups in total. The van der Waals surface area contributed by atoms with Gasteiger partial charge in [0.2, 0.25) is 0 Å². The van der Waals surface area contributed by atoms with Gasteiger partial charge in [-0.15, -0.1) is 22.9 Å². The number of hydrogen-bond acceptors (Lipinski definition) is 6. The van der Waals surface area contributed by atoms with E-state index in [1.165, 1.54) is 12.1 Å². The lowest BCUT2D eigenvalue weighted by molar-refractivity contribution is 0.0696. The second-order valence-electron chi connectivity index (χ2n) is 2.90. The van der Waals surface area contributed by atoms with Gasteiger partial charge in [-0.05, 0) is 22.6 Å². The molecular formula is C8H6N4O2S. The van der Waals surface area contributed by atoms with Crippen molar-refractivity contribution >= 4 is 18.6 Å². The molecule has 76 valence electrons. The van der Waals surface area contributed by atoms with Crippen molar-refractivity contribution in [3.8, 4) is 0 Å². The van der Waals surface area contributed by atoms with Crippen LogP contribution in [0.25, 0.3) is 0 Å². The summed E-state index contributed by atoms with van der Waals surface area (Å²) in [4.78, 5) is 9.55. The number of nitrogens with zero attached hydrogens (tertiary/aromatic N) is 4. The molecule has 0 radical (unpaired) electrons. The fourth-order valence-electron chi connectivity index (χ4n) is 1.16. The van der Waals surface area contributed by atoms with Crippen LogP contribution < -0.4 is 0 Å². The number of hydrogen-bond donors (Lipinski definition) is 2. The van der Waals surface area contributed by atoms with Gasteiger partial charge in [0, 0.05) is 5.56 Å². The van der Waals surface area contributed by atoms with Gasteiger partial charge in [0.05, 0.1) is 5.56 Å². The summed E-state index contributed by atoms with van der Waals surface area (Å²) in [5, 5.41) is 22.9. The van der Waals surface area contributed by atoms with Crippen LogP contribution >= 0.6 is 12.6 Å². The second kappa shape index (κ2) is 3.43. The van der Waals surface area contributed by atoms with Gasteiger partial charge < -0.3 is 5.11 Å². The van der Waals surface area contributed by atoms with E-state index in [1.807, 2.05) is 0 Å². The number of thiol groups is 1. The van der Waals surface area contributed by atoms with Gasteiger partial charge in [0.15, 0.2) is 0 Å². The van der Waals surface area contributed by atoms with Crippen LogP contribution in [0, 0.1) is 0 Å². The van der Waals surface area contributed by atoms with Crippen LogP contribution in [-0.4, -0.2) is 11.1 Å². The summed E-state index contributed by atoms with van der Waals surface area (Å²) in [6.45, 7) is 0. The molecule has 6 nitrogen and oxygen atoms in total. The van der Waals surface area contributed by atoms with E-state index in [4.69, 9.17) is 5.11 Å². The van der Waals surface area contributed by atoms with Crippen molar-refractivity contribution in [2.45, 2.75) is 4.99 Å². The fourth-order valence-corrected chi connectivity index (χ4v) is 1.38. The molecule has 0 fully saturated rings. The third kappa shape index (κ3) is 1.73. The van der Waals surface area contributed by atoms with Gasteiger partial charge in [-0.3, -0.25) is 0 Å². The summed E-state index contributed by atoms with van der Waals surface area (Å²) >= 11 is 4.17. The van der Waals surface area contributed by atoms with Gasteiger partial charge >= 0.3 is 5.97 Å². The summed E-state index contributed by atoms with van der Waals surface area (Å²) in [5.41, 5.74) is 0.675. The van der Waals surface area contributed by atoms with Crippen molar-refractivity contribution in [1.29, 1.82) is 0 Å². The molecule has 1 aliphatic heterocycles. The Kier molecular flexibility index (Phi) is 2.24. The molecule has 0 aliphatic carbocycles. The Hall–Kier alpha value is -1.76. The summed E-state index contributed by atoms with van der Waals surface area (Å²) in [6.07, 6.45) is 0. The van der Waals surface area contributed by atoms with Crippen molar-refractivity contribution in [2.24, 2.45) is 20.7 Å². The third-order valence-electron chi connectivity index (χ3n) is 1.91. The van der Waals surface area contributed by atoms with Crippen LogP contribution in [0.4, 0.5) is 0 Å². The Morgan fingerprint density at radius 2 is 2.00 bits per heavy atom. The van der Waals surface area contributed by atoms with Gasteiger partial charge in [-0.25, -0.2) is 4.79 Å². The van der Waals surface area contributed by atoms with Crippen LogP contribution in [0.1, 0.15) is 15.9 Å². The zero-order valence-electron chi connectivity index (χ0n) is 7.40. The molecule has 0 amide bonds. The van der Waals surface area contributed by atoms with Crippen LogP contribution in [0.15, 0.2) is 44.9 Å². The van der Waals surface area contributed by atoms with Gasteiger partial charge in [-0.1, -0.05) is 12.1 Å². The molecule has 7 heteroatoms. The molecule has 0 spiro atoms. The van der Waals surface area contributed by atoms with E-state index in [0.717, 1.165) is 0 Å². The molecule has 0 saturated carbocycles. The largest absolute Gasteiger partial charge is 0.478 e. The average Bonchev–Trinajstić information content (AvgIpc) is 2.67. The summed E-state index contributed by atoms with van der Waals surface area (Å²) in [6, 6.07) is 6.19. The number of carboxylic acid groups (broad SMARTS) is 1. The number of rotatable bonds is 2. The zero-order chi connectivity index (χ0) is 10.9. The normalized spacial score (nSPS) is 16.9. The first-order chi connectivity index (χ1) is 7.12. The lowest BCUT2D eigenvalue weighted by atomic mass is 10.1. The fraction of sp³-hybridized carbons (Fsp3) is 0.125. The van der Waals surface area contributed by atoms with Gasteiger partial charge in [-0.2, -0.15) is 0 Å². The second-order valence-corrected chi connectivity index (χ2v) is 3.52. The quantitative estimate of drug-likeness (QED) is 0.752. The number of aromatic carboxylic acids is 1. The Labute approximate surface area is 90.1 Å². The van der Waals surface area contributed by atoms with E-state index in [-0.39, 0.29) is 5.56 Å². The molecule has 0 saturated heterocycles. The molecule has 1 aliphatic rings. The van der Waals surface area contributed by atoms with E-state index in [2.05, 4.69) is 33.3 Å². The predicted molar refractivity (Wildman–Crippen MR) is 53.8 cm³/mol. The Morgan fingerprint density at radius 3 is 2.60 bits per heavy atom. The molecule has 0 unspecified atom stereocenters. The standard InChI is InChI=1S/C8H6N4O2S/c13-7(14)5-2-1-3-6(4-5)8(15)9-11-12-10-8/h1-4,15H,(H,13,14). The highest BCUT2D eigenvalue weighted by atomic mass is 32.1. The topological polar surface area (TPSA) is 86.7 Å². The number of carbonyl (C=O) groups is 1. The molecule has 0 aromatic heterocycles. The van der Waals surface area contributed by atoms with E-state index >= 15 is 0 Å². The summed E-state index contributed by atoms with van der Waals surface area (Å²) in [7, 11) is 0. The highest BCUT2D eigenvalue weighted by Gasteiger charge is 2.31. The van der Waals surface area contributed by atoms with Crippen LogP contribution in [-0.2, 0) is 4.99 Å². The average molecular weight is 222 g/mol. The highest BCUT2D eigenvalue weighted by molar-refractivity contribution is 7.81. The SMILES string of the molecule is O=C(O)c1cccc(C2(S)N=NN=N2)c1. The van der Waals surface area contributed by atoms with E-state index < -0.39 is 11.0 Å². The van der Waals surface area contributed by atoms with Crippen LogP contribution in [0.3, 0.4) is 0 Å². The van der Waals surface area contributed by atoms with Crippen molar-refractivity contribution in [2.75, 3.05) is 0 Å². The Balaban J connectivity index is 2.45. The van der Waals surface area contributed by atoms with Crippen molar-refractivity contribution in [3.05, 3.63) is 35.4 Å². The van der Waals surface area contributed by atoms with Gasteiger partial charge in [0.1, 0.15) is 0 Å². The molecule has 1 aromatic carbocycles. The first-order valence-corrected chi connectivity index (χ1v) is 4.47. The lowest BCUT2D eigenvalue weighted by Gasteiger charge is -2.12. The molecule has 2 rings (SSSR count). The minimum Gasteiger partial charge on any atom is -0.478 e. The van der Waals surface area contributed by atoms with E-state index in [0.29, 0.717) is 5.56 Å². The minimum absolute atomic E-state index is 0.151. The molecule has 0 bridgehead atoms. The lowest BCUT2D eigenvalue weighted by Crippen LogP contribution is -2.10. The molecule has 1 aromatic rings. The maximum absolute atomic E-state index is 10.7. The third-order valence-corrected chi connectivity index (χ3v) is 2.34. The Bertz CT molecular complexity index is 459. The van der Waals surface area contributed by atoms with Crippen molar-refractivity contribution in [1.82, 2.24) is 0 Å². The number of carboxylic acids is 1. The maximum atomic E-state index is 10.7. The summed E-state index contributed by atoms with van der Waals surface area (Å²) < 4.78 is 0. The highest BCUT2D eigenvalue weighted by Crippen LogP contribution is 2.36. The van der Waals surface area contributed by atoms with E-state index in [9.17, 15) is 4.79 Å². The predicted octanol–water partition coefficient (Wildman–Crippen LogP) is 2.26. The summed E-state index contributed by atoms with van der Waals surface area (Å²) in [5.74, 6) is -1.01. The van der Waals surface area contributed by atoms with Crippen LogP contribution in [0.2, 0.25) is 0 Å². The van der Waals surface area contributed by atoms with Crippen molar-refractivity contribution < 1.29 is 9.90 Å².